The summed E-state index contributed by atoms with van der Waals surface area (Å²) in [4.78, 5) is 25.2. The monoisotopic (exact) mass is 643 g/mol. The summed E-state index contributed by atoms with van der Waals surface area (Å²) < 4.78 is 74.7. The highest BCUT2D eigenvalue weighted by molar-refractivity contribution is 7.90. The number of alkyl halides is 3. The summed E-state index contributed by atoms with van der Waals surface area (Å²) >= 11 is 0. The lowest BCUT2D eigenvalue weighted by Crippen LogP contribution is -2.54. The highest BCUT2D eigenvalue weighted by Gasteiger charge is 2.54. The van der Waals surface area contributed by atoms with Gasteiger partial charge in [0.1, 0.15) is 16.9 Å². The molecule has 2 saturated carbocycles. The highest BCUT2D eigenvalue weighted by Crippen LogP contribution is 2.43. The van der Waals surface area contributed by atoms with Crippen LogP contribution in [-0.2, 0) is 16.6 Å². The Hall–Kier alpha value is -3.69. The number of halogens is 3. The van der Waals surface area contributed by atoms with Gasteiger partial charge in [-0.15, -0.1) is 0 Å². The number of aromatic nitrogens is 4. The standard InChI is InChI=1S/C30H32F3N7O4S/c1-44-24-11-19(29(41)39-13-18-6-7-22(39)25(18)34)9-21-26(24)40(20-14-37(15-20)45(42,43)30(31,32)33)28(36-21)23-10-17-3-2-8-35-27(17)38(23)12-16-4-5-16/h2-3,8-11,16,18,20,22,25H,4-7,12-15,34H2,1H3/t18-,22?,25-/m1/s1. The van der Waals surface area contributed by atoms with E-state index in [1.807, 2.05) is 23.1 Å². The van der Waals surface area contributed by atoms with Gasteiger partial charge in [-0.1, -0.05) is 0 Å². The zero-order chi connectivity index (χ0) is 31.4. The number of imidazole rings is 1. The van der Waals surface area contributed by atoms with E-state index < -0.39 is 21.6 Å². The van der Waals surface area contributed by atoms with Crippen LogP contribution in [0.3, 0.4) is 0 Å². The number of amides is 1. The van der Waals surface area contributed by atoms with E-state index in [9.17, 15) is 26.4 Å². The van der Waals surface area contributed by atoms with Crippen molar-refractivity contribution in [2.75, 3.05) is 26.7 Å². The number of ether oxygens (including phenoxy) is 1. The van der Waals surface area contributed by atoms with Crippen LogP contribution in [0.1, 0.15) is 42.1 Å². The van der Waals surface area contributed by atoms with Gasteiger partial charge in [-0.05, 0) is 67.9 Å². The summed E-state index contributed by atoms with van der Waals surface area (Å²) in [5.74, 6) is 1.33. The Morgan fingerprint density at radius 1 is 1.11 bits per heavy atom. The maximum Gasteiger partial charge on any atom is 0.511 e. The Morgan fingerprint density at radius 3 is 2.53 bits per heavy atom. The molecule has 2 aliphatic carbocycles. The number of nitrogens with two attached hydrogens (primary N) is 1. The zero-order valence-electron chi connectivity index (χ0n) is 24.4. The van der Waals surface area contributed by atoms with Crippen molar-refractivity contribution < 1.29 is 31.1 Å². The van der Waals surface area contributed by atoms with Gasteiger partial charge in [0.2, 0.25) is 0 Å². The van der Waals surface area contributed by atoms with E-state index in [0.717, 1.165) is 36.7 Å². The summed E-state index contributed by atoms with van der Waals surface area (Å²) in [6.45, 7) is 0.501. The molecule has 3 atom stereocenters. The highest BCUT2D eigenvalue weighted by atomic mass is 32.2. The van der Waals surface area contributed by atoms with Gasteiger partial charge < -0.3 is 24.5 Å². The molecule has 15 heteroatoms. The largest absolute Gasteiger partial charge is 0.511 e. The van der Waals surface area contributed by atoms with Gasteiger partial charge in [-0.25, -0.2) is 18.4 Å². The number of sulfonamides is 1. The molecule has 0 radical (unpaired) electrons. The molecule has 2 N–H and O–H groups in total. The molecular weight excluding hydrogens is 611 g/mol. The fourth-order valence-electron chi connectivity index (χ4n) is 7.40. The lowest BCUT2D eigenvalue weighted by atomic mass is 10.1. The quantitative estimate of drug-likeness (QED) is 0.325. The summed E-state index contributed by atoms with van der Waals surface area (Å²) in [6, 6.07) is 8.30. The van der Waals surface area contributed by atoms with Crippen molar-refractivity contribution in [1.82, 2.24) is 28.3 Å². The second kappa shape index (κ2) is 9.90. The van der Waals surface area contributed by atoms with Crippen LogP contribution < -0.4 is 10.5 Å². The third-order valence-electron chi connectivity index (χ3n) is 9.98. The number of nitrogens with zero attached hydrogens (tertiary/aromatic N) is 6. The molecule has 238 valence electrons. The fraction of sp³-hybridized carbons (Fsp3) is 0.500. The molecular formula is C30H32F3N7O4S. The molecule has 1 unspecified atom stereocenters. The van der Waals surface area contributed by atoms with Crippen LogP contribution >= 0.6 is 0 Å². The first kappa shape index (κ1) is 28.8. The van der Waals surface area contributed by atoms with Gasteiger partial charge in [-0.2, -0.15) is 17.5 Å². The van der Waals surface area contributed by atoms with Crippen molar-refractivity contribution in [3.05, 3.63) is 42.1 Å². The maximum atomic E-state index is 13.8. The van der Waals surface area contributed by atoms with E-state index in [4.69, 9.17) is 15.5 Å². The van der Waals surface area contributed by atoms with Crippen molar-refractivity contribution in [2.24, 2.45) is 17.6 Å². The number of fused-ring (bicyclic) bond motifs is 4. The minimum absolute atomic E-state index is 0.0283. The molecule has 1 amide bonds. The molecule has 5 heterocycles. The third kappa shape index (κ3) is 4.37. The summed E-state index contributed by atoms with van der Waals surface area (Å²) in [7, 11) is -4.03. The van der Waals surface area contributed by atoms with Gasteiger partial charge in [0, 0.05) is 55.4 Å². The number of hydrogen-bond donors (Lipinski definition) is 1. The minimum Gasteiger partial charge on any atom is -0.494 e. The molecule has 2 saturated heterocycles. The first-order chi connectivity index (χ1) is 21.5. The Kier molecular flexibility index (Phi) is 6.33. The van der Waals surface area contributed by atoms with E-state index in [1.54, 1.807) is 22.9 Å². The number of carbonyl (C=O) groups excluding carboxylic acids is 1. The smallest absolute Gasteiger partial charge is 0.494 e. The first-order valence-electron chi connectivity index (χ1n) is 15.1. The normalized spacial score (nSPS) is 24.2. The van der Waals surface area contributed by atoms with Gasteiger partial charge in [0.15, 0.2) is 5.82 Å². The summed E-state index contributed by atoms with van der Waals surface area (Å²) in [5, 5.41) is 0.880. The number of pyridine rings is 1. The maximum absolute atomic E-state index is 13.8. The number of rotatable bonds is 7. The molecule has 3 aromatic heterocycles. The van der Waals surface area contributed by atoms with Gasteiger partial charge in [0.05, 0.1) is 24.4 Å². The van der Waals surface area contributed by atoms with Crippen LogP contribution in [0.2, 0.25) is 0 Å². The van der Waals surface area contributed by atoms with E-state index >= 15 is 0 Å². The molecule has 1 aromatic carbocycles. The fourth-order valence-corrected chi connectivity index (χ4v) is 8.43. The van der Waals surface area contributed by atoms with Crippen LogP contribution in [0, 0.1) is 11.8 Å². The number of likely N-dealkylation sites (tertiary alicyclic amines) is 1. The van der Waals surface area contributed by atoms with Crippen molar-refractivity contribution in [1.29, 1.82) is 0 Å². The van der Waals surface area contributed by atoms with E-state index in [1.165, 1.54) is 7.11 Å². The minimum atomic E-state index is -5.49. The number of carbonyl (C=O) groups is 1. The van der Waals surface area contributed by atoms with E-state index in [-0.39, 0.29) is 37.0 Å². The third-order valence-corrected chi connectivity index (χ3v) is 11.5. The van der Waals surface area contributed by atoms with Crippen molar-refractivity contribution in [2.45, 2.75) is 55.9 Å². The average molecular weight is 644 g/mol. The zero-order valence-corrected chi connectivity index (χ0v) is 25.3. The Labute approximate surface area is 256 Å². The molecule has 4 aromatic rings. The summed E-state index contributed by atoms with van der Waals surface area (Å²) in [6.07, 6.45) is 5.72. The second-order valence-electron chi connectivity index (χ2n) is 12.7. The SMILES string of the molecule is COc1cc(C(=O)N2C[C@H]3CCC2[C@@H]3N)cc2nc(-c3cc4cccnc4n3CC3CC3)n(C3CN(S(=O)(=O)C(F)(F)F)C3)c12. The van der Waals surface area contributed by atoms with Crippen LogP contribution in [-0.4, -0.2) is 87.0 Å². The Bertz CT molecular complexity index is 1960. The Balaban J connectivity index is 1.28. The number of hydrogen-bond acceptors (Lipinski definition) is 7. The molecule has 2 bridgehead atoms. The summed E-state index contributed by atoms with van der Waals surface area (Å²) in [5.41, 5.74) is 3.73. The molecule has 45 heavy (non-hydrogen) atoms. The predicted octanol–water partition coefficient (Wildman–Crippen LogP) is 3.74. The van der Waals surface area contributed by atoms with Crippen molar-refractivity contribution >= 4 is 38.0 Å². The Morgan fingerprint density at radius 2 is 1.89 bits per heavy atom. The topological polar surface area (TPSA) is 129 Å². The lowest BCUT2D eigenvalue weighted by Gasteiger charge is -2.39. The molecule has 2 aliphatic heterocycles. The lowest BCUT2D eigenvalue weighted by molar-refractivity contribution is -0.0519. The van der Waals surface area contributed by atoms with Gasteiger partial charge in [0.25, 0.3) is 5.91 Å². The van der Waals surface area contributed by atoms with E-state index in [0.29, 0.717) is 57.2 Å². The number of benzene rings is 1. The number of piperidine rings is 1. The van der Waals surface area contributed by atoms with Crippen molar-refractivity contribution in [3.63, 3.8) is 0 Å². The van der Waals surface area contributed by atoms with Crippen molar-refractivity contribution in [3.8, 4) is 17.3 Å². The van der Waals surface area contributed by atoms with Gasteiger partial charge in [-0.3, -0.25) is 4.79 Å². The van der Waals surface area contributed by atoms with Crippen LogP contribution in [0.4, 0.5) is 13.2 Å². The molecule has 0 spiro atoms. The van der Waals surface area contributed by atoms with Crippen LogP contribution in [0.25, 0.3) is 33.6 Å². The van der Waals surface area contributed by atoms with Crippen LogP contribution in [0.15, 0.2) is 36.5 Å². The predicted molar refractivity (Wildman–Crippen MR) is 159 cm³/mol. The molecule has 4 aliphatic rings. The molecule has 11 nitrogen and oxygen atoms in total. The average Bonchev–Trinajstić information content (AvgIpc) is 3.33. The second-order valence-corrected chi connectivity index (χ2v) is 14.6. The van der Waals surface area contributed by atoms with E-state index in [2.05, 4.69) is 9.55 Å². The van der Waals surface area contributed by atoms with Crippen LogP contribution in [0.5, 0.6) is 5.75 Å². The molecule has 4 fully saturated rings. The number of methoxy groups -OCH3 is 1. The molecule has 8 rings (SSSR count). The van der Waals surface area contributed by atoms with Gasteiger partial charge >= 0.3 is 15.5 Å². The first-order valence-corrected chi connectivity index (χ1v) is 16.6.